The summed E-state index contributed by atoms with van der Waals surface area (Å²) in [5.41, 5.74) is 10.3. The fourth-order valence-electron chi connectivity index (χ4n) is 22.7. The minimum Gasteiger partial charge on any atom is -0.214 e. The standard InChI is InChI=1S/C59H75P2.C5H5.Fe/c1-3-7-50(8-4-1)53-23-52(36-60(56-24-38-11-39(25-56)13-40(12-38)26-56)57-27-41-14-42(28-57)16-43(15-41)29-57)54(55(53)51-9-5-2-6-10-51)37-61(58-30-44-17-45(31-58)19-46(18-44)32-58)59-33-47-20-48(34-59)22-49(21-47)35-59;1-2-4-5-3-1;/h1-10,23,38-49H,11-22,24-37H2;1-5H;/q2*-1;+2. The van der Waals surface area contributed by atoms with E-state index in [-0.39, 0.29) is 32.9 Å². The van der Waals surface area contributed by atoms with Gasteiger partial charge < -0.3 is 0 Å². The van der Waals surface area contributed by atoms with Gasteiger partial charge in [0.05, 0.1) is 0 Å². The molecule has 16 fully saturated rings. The summed E-state index contributed by atoms with van der Waals surface area (Å²) in [6, 6.07) is 37.1. The first-order chi connectivity index (χ1) is 32.3. The molecule has 3 heteroatoms. The second-order valence-corrected chi connectivity index (χ2v) is 33.5. The van der Waals surface area contributed by atoms with Gasteiger partial charge >= 0.3 is 17.1 Å². The van der Waals surface area contributed by atoms with E-state index in [2.05, 4.69) is 66.7 Å². The molecule has 0 unspecified atom stereocenters. The second kappa shape index (κ2) is 16.8. The van der Waals surface area contributed by atoms with Crippen LogP contribution in [0.1, 0.15) is 165 Å². The Morgan fingerprint density at radius 2 is 0.716 bits per heavy atom. The molecule has 0 radical (unpaired) electrons. The van der Waals surface area contributed by atoms with Gasteiger partial charge in [-0.3, -0.25) is 0 Å². The fourth-order valence-corrected chi connectivity index (χ4v) is 33.1. The quantitative estimate of drug-likeness (QED) is 0.0844. The second-order valence-electron chi connectivity index (χ2n) is 27.4. The molecule has 4 aromatic carbocycles. The van der Waals surface area contributed by atoms with Crippen molar-refractivity contribution in [1.29, 1.82) is 0 Å². The molecule has 0 saturated heterocycles. The Kier molecular flexibility index (Phi) is 11.1. The summed E-state index contributed by atoms with van der Waals surface area (Å²) in [5, 5.41) is 2.68. The molecule has 0 spiro atoms. The van der Waals surface area contributed by atoms with E-state index in [1.807, 2.05) is 41.5 Å². The van der Waals surface area contributed by atoms with Gasteiger partial charge in [0, 0.05) is 0 Å². The van der Waals surface area contributed by atoms with Gasteiger partial charge in [0.15, 0.2) is 0 Å². The van der Waals surface area contributed by atoms with Crippen LogP contribution in [0.2, 0.25) is 0 Å². The van der Waals surface area contributed by atoms with Crippen molar-refractivity contribution >= 4 is 15.8 Å². The molecule has 354 valence electrons. The van der Waals surface area contributed by atoms with Gasteiger partial charge in [-0.2, -0.15) is 18.2 Å². The van der Waals surface area contributed by atoms with Gasteiger partial charge in [0.25, 0.3) is 0 Å². The molecule has 0 amide bonds. The maximum absolute atomic E-state index is 2.95. The number of benzene rings is 2. The van der Waals surface area contributed by atoms with Gasteiger partial charge in [-0.05, 0) is 258 Å². The SMILES string of the molecule is [Fe+2].c1cc[cH-]c1.c1ccc(-c2cc(CP(C34CC5CC(CC(C5)C3)C4)C34CC5CC(CC(C5)C3)C4)c(CP(C34CC5CC(CC(C5)C3)C4)C34CC5CC(CC(C5)C3)C4)[c-]2-c2ccccc2)cc1. The van der Waals surface area contributed by atoms with Crippen LogP contribution in [0.5, 0.6) is 0 Å². The molecule has 4 aromatic rings. The molecule has 16 aliphatic rings. The average molecular weight is 967 g/mol. The Morgan fingerprint density at radius 1 is 0.403 bits per heavy atom. The van der Waals surface area contributed by atoms with E-state index in [1.54, 1.807) is 171 Å². The Bertz CT molecular complexity index is 2140. The molecule has 16 aliphatic carbocycles. The third-order valence-electron chi connectivity index (χ3n) is 22.9. The predicted molar refractivity (Wildman–Crippen MR) is 280 cm³/mol. The van der Waals surface area contributed by atoms with Crippen molar-refractivity contribution in [1.82, 2.24) is 0 Å². The van der Waals surface area contributed by atoms with Crippen LogP contribution < -0.4 is 0 Å². The van der Waals surface area contributed by atoms with Gasteiger partial charge in [0.2, 0.25) is 0 Å². The molecular formula is C64H80FeP2. The zero-order chi connectivity index (χ0) is 43.2. The van der Waals surface area contributed by atoms with Crippen molar-refractivity contribution in [2.45, 2.75) is 187 Å². The van der Waals surface area contributed by atoms with Crippen molar-refractivity contribution in [2.75, 3.05) is 0 Å². The normalized spacial score (nSPS) is 44.9. The van der Waals surface area contributed by atoms with Crippen LogP contribution in [0.3, 0.4) is 0 Å². The van der Waals surface area contributed by atoms with Crippen molar-refractivity contribution in [3.05, 3.63) is 108 Å². The number of rotatable bonds is 10. The van der Waals surface area contributed by atoms with Crippen LogP contribution in [0.4, 0.5) is 0 Å². The largest absolute Gasteiger partial charge is 2.00 e. The van der Waals surface area contributed by atoms with E-state index in [0.717, 1.165) is 71.0 Å². The molecular weight excluding hydrogens is 886 g/mol. The Hall–Kier alpha value is -1.48. The first kappa shape index (κ1) is 44.2. The van der Waals surface area contributed by atoms with Crippen molar-refractivity contribution < 1.29 is 17.1 Å². The first-order valence-electron chi connectivity index (χ1n) is 28.5. The summed E-state index contributed by atoms with van der Waals surface area (Å²) in [5.74, 6) is 12.7. The molecule has 0 aliphatic heterocycles. The number of hydrogen-bond donors (Lipinski definition) is 0. The van der Waals surface area contributed by atoms with Crippen molar-refractivity contribution in [3.63, 3.8) is 0 Å². The minimum absolute atomic E-state index is 0. The Labute approximate surface area is 418 Å². The zero-order valence-electron chi connectivity index (χ0n) is 40.8. The topological polar surface area (TPSA) is 0 Å². The summed E-state index contributed by atoms with van der Waals surface area (Å²) >= 11 is 0. The first-order valence-corrected chi connectivity index (χ1v) is 31.5. The zero-order valence-corrected chi connectivity index (χ0v) is 43.7. The molecule has 0 nitrogen and oxygen atoms in total. The third-order valence-corrected chi connectivity index (χ3v) is 31.0. The smallest absolute Gasteiger partial charge is 0.214 e. The van der Waals surface area contributed by atoms with Gasteiger partial charge in [-0.25, -0.2) is 12.1 Å². The molecule has 0 N–H and O–H groups in total. The molecule has 67 heavy (non-hydrogen) atoms. The maximum atomic E-state index is 2.95. The van der Waals surface area contributed by atoms with Gasteiger partial charge in [0.1, 0.15) is 0 Å². The van der Waals surface area contributed by atoms with Crippen LogP contribution in [-0.4, -0.2) is 20.6 Å². The van der Waals surface area contributed by atoms with E-state index in [4.69, 9.17) is 0 Å². The predicted octanol–water partition coefficient (Wildman–Crippen LogP) is 18.0. The van der Waals surface area contributed by atoms with Crippen LogP contribution in [0, 0.1) is 71.0 Å². The molecule has 0 heterocycles. The molecule has 0 atom stereocenters. The Morgan fingerprint density at radius 3 is 1.03 bits per heavy atom. The third kappa shape index (κ3) is 7.49. The molecule has 20 rings (SSSR count). The van der Waals surface area contributed by atoms with Crippen molar-refractivity contribution in [3.8, 4) is 22.3 Å². The van der Waals surface area contributed by atoms with Crippen LogP contribution >= 0.6 is 15.8 Å². The van der Waals surface area contributed by atoms with E-state index in [0.29, 0.717) is 20.6 Å². The summed E-state index contributed by atoms with van der Waals surface area (Å²) in [6.45, 7) is 0. The van der Waals surface area contributed by atoms with E-state index >= 15 is 0 Å². The average Bonchev–Trinajstić information content (AvgIpc) is 3.99. The van der Waals surface area contributed by atoms with E-state index in [9.17, 15) is 0 Å². The summed E-state index contributed by atoms with van der Waals surface area (Å²) in [6.07, 6.45) is 41.7. The van der Waals surface area contributed by atoms with E-state index < -0.39 is 0 Å². The van der Waals surface area contributed by atoms with Crippen LogP contribution in [0.25, 0.3) is 22.3 Å². The maximum Gasteiger partial charge on any atom is 2.00 e. The van der Waals surface area contributed by atoms with Gasteiger partial charge in [-0.1, -0.05) is 86.6 Å². The van der Waals surface area contributed by atoms with Gasteiger partial charge in [-0.15, -0.1) is 29.3 Å². The fraction of sp³-hybridized carbons (Fsp3) is 0.656. The summed E-state index contributed by atoms with van der Waals surface area (Å²) in [7, 11) is -0.245. The van der Waals surface area contributed by atoms with Crippen LogP contribution in [0.15, 0.2) is 97.1 Å². The monoisotopic (exact) mass is 967 g/mol. The summed E-state index contributed by atoms with van der Waals surface area (Å²) < 4.78 is 0. The molecule has 16 saturated carbocycles. The van der Waals surface area contributed by atoms with Crippen molar-refractivity contribution in [2.24, 2.45) is 71.0 Å². The summed E-state index contributed by atoms with van der Waals surface area (Å²) in [4.78, 5) is 0. The number of hydrogen-bond acceptors (Lipinski definition) is 0. The Balaban J connectivity index is 0.000000671. The molecule has 16 bridgehead atoms. The molecule has 0 aromatic heterocycles. The van der Waals surface area contributed by atoms with E-state index in [1.165, 1.54) is 17.9 Å². The van der Waals surface area contributed by atoms with Crippen LogP contribution in [-0.2, 0) is 29.4 Å². The minimum atomic E-state index is -0.135.